The fourth-order valence-corrected chi connectivity index (χ4v) is 3.54. The Morgan fingerprint density at radius 2 is 2.08 bits per heavy atom. The molecule has 3 aromatic rings. The molecule has 6 nitrogen and oxygen atoms in total. The van der Waals surface area contributed by atoms with Crippen LogP contribution in [0.15, 0.2) is 42.5 Å². The van der Waals surface area contributed by atoms with Crippen LogP contribution in [-0.2, 0) is 0 Å². The molecule has 0 N–H and O–H groups in total. The maximum absolute atomic E-state index is 10.9. The smallest absolute Gasteiger partial charge is 0.270 e. The topological polar surface area (TPSA) is 83.1 Å². The number of thiazole rings is 1. The highest BCUT2D eigenvalue weighted by Crippen LogP contribution is 2.33. The van der Waals surface area contributed by atoms with E-state index < -0.39 is 4.92 Å². The van der Waals surface area contributed by atoms with Crippen molar-refractivity contribution >= 4 is 32.9 Å². The van der Waals surface area contributed by atoms with Gasteiger partial charge in [-0.15, -0.1) is 11.3 Å². The Morgan fingerprint density at radius 1 is 1.33 bits per heavy atom. The van der Waals surface area contributed by atoms with Crippen molar-refractivity contribution in [2.45, 2.75) is 13.0 Å². The van der Waals surface area contributed by atoms with Gasteiger partial charge in [-0.1, -0.05) is 12.1 Å². The van der Waals surface area contributed by atoms with Crippen LogP contribution in [-0.4, -0.2) is 17.0 Å². The van der Waals surface area contributed by atoms with Gasteiger partial charge in [0.25, 0.3) is 5.69 Å². The third kappa shape index (κ3) is 2.79. The van der Waals surface area contributed by atoms with Gasteiger partial charge in [-0.3, -0.25) is 10.1 Å². The fraction of sp³-hybridized carbons (Fsp3) is 0.176. The molecule has 0 bridgehead atoms. The maximum atomic E-state index is 10.9. The van der Waals surface area contributed by atoms with E-state index in [2.05, 4.69) is 4.98 Å². The molecule has 3 rings (SSSR count). The van der Waals surface area contributed by atoms with E-state index in [4.69, 9.17) is 0 Å². The first-order chi connectivity index (χ1) is 11.5. The van der Waals surface area contributed by atoms with Crippen LogP contribution < -0.4 is 4.90 Å². The van der Waals surface area contributed by atoms with Gasteiger partial charge in [0.05, 0.1) is 32.4 Å². The van der Waals surface area contributed by atoms with Gasteiger partial charge in [-0.25, -0.2) is 4.98 Å². The Hall–Kier alpha value is -2.98. The molecule has 0 spiro atoms. The standard InChI is InChI=1S/C17H14N4O2S/c1-11(17-19-14-5-3-4-6-16(14)24-17)20(2)15-8-7-13(21(22)23)9-12(15)10-18/h3-9,11H,1-2H3/t11-/m1/s1. The zero-order chi connectivity index (χ0) is 17.3. The van der Waals surface area contributed by atoms with Gasteiger partial charge in [0.1, 0.15) is 11.1 Å². The predicted octanol–water partition coefficient (Wildman–Crippen LogP) is 4.27. The molecular weight excluding hydrogens is 324 g/mol. The predicted molar refractivity (Wildman–Crippen MR) is 94.2 cm³/mol. The Kier molecular flexibility index (Phi) is 4.15. The summed E-state index contributed by atoms with van der Waals surface area (Å²) >= 11 is 1.61. The third-order valence-electron chi connectivity index (χ3n) is 3.94. The van der Waals surface area contributed by atoms with Crippen molar-refractivity contribution in [1.29, 1.82) is 5.26 Å². The highest BCUT2D eigenvalue weighted by molar-refractivity contribution is 7.18. The molecule has 1 atom stereocenters. The van der Waals surface area contributed by atoms with E-state index in [9.17, 15) is 15.4 Å². The number of nitriles is 1. The highest BCUT2D eigenvalue weighted by Gasteiger charge is 2.20. The van der Waals surface area contributed by atoms with Crippen LogP contribution in [0, 0.1) is 21.4 Å². The molecule has 0 saturated carbocycles. The maximum Gasteiger partial charge on any atom is 0.270 e. The summed E-state index contributed by atoms with van der Waals surface area (Å²) in [6.07, 6.45) is 0. The molecule has 0 aliphatic carbocycles. The Bertz CT molecular complexity index is 928. The summed E-state index contributed by atoms with van der Waals surface area (Å²) in [5, 5.41) is 21.1. The molecule has 1 aromatic heterocycles. The van der Waals surface area contributed by atoms with E-state index in [-0.39, 0.29) is 17.3 Å². The normalized spacial score (nSPS) is 11.9. The van der Waals surface area contributed by atoms with E-state index in [0.29, 0.717) is 5.69 Å². The third-order valence-corrected chi connectivity index (χ3v) is 5.15. The Balaban J connectivity index is 1.97. The molecule has 0 amide bonds. The van der Waals surface area contributed by atoms with Crippen molar-refractivity contribution in [3.63, 3.8) is 0 Å². The lowest BCUT2D eigenvalue weighted by molar-refractivity contribution is -0.384. The van der Waals surface area contributed by atoms with Crippen molar-refractivity contribution in [2.24, 2.45) is 0 Å². The average molecular weight is 338 g/mol. The van der Waals surface area contributed by atoms with Crippen LogP contribution in [0.3, 0.4) is 0 Å². The number of benzene rings is 2. The van der Waals surface area contributed by atoms with Crippen LogP contribution >= 0.6 is 11.3 Å². The van der Waals surface area contributed by atoms with E-state index in [1.54, 1.807) is 17.4 Å². The van der Waals surface area contributed by atoms with Gasteiger partial charge in [-0.2, -0.15) is 5.26 Å². The molecule has 0 fully saturated rings. The zero-order valence-corrected chi connectivity index (χ0v) is 13.9. The van der Waals surface area contributed by atoms with Gasteiger partial charge in [0.2, 0.25) is 0 Å². The minimum Gasteiger partial charge on any atom is -0.364 e. The number of non-ortho nitro benzene ring substituents is 1. The summed E-state index contributed by atoms with van der Waals surface area (Å²) in [5.41, 5.74) is 1.79. The van der Waals surface area contributed by atoms with Gasteiger partial charge >= 0.3 is 0 Å². The molecule has 7 heteroatoms. The van der Waals surface area contributed by atoms with Gasteiger partial charge in [0, 0.05) is 19.2 Å². The lowest BCUT2D eigenvalue weighted by Crippen LogP contribution is -2.22. The zero-order valence-electron chi connectivity index (χ0n) is 13.1. The number of anilines is 1. The minimum absolute atomic E-state index is 0.0593. The molecule has 120 valence electrons. The monoisotopic (exact) mass is 338 g/mol. The first kappa shape index (κ1) is 15.9. The van der Waals surface area contributed by atoms with E-state index in [0.717, 1.165) is 15.2 Å². The molecule has 0 saturated heterocycles. The number of rotatable bonds is 4. The van der Waals surface area contributed by atoms with E-state index >= 15 is 0 Å². The number of nitrogens with zero attached hydrogens (tertiary/aromatic N) is 4. The SMILES string of the molecule is C[C@H](c1nc2ccccc2s1)N(C)c1ccc([N+](=O)[O-])cc1C#N. The van der Waals surface area contributed by atoms with Crippen LogP contribution in [0.25, 0.3) is 10.2 Å². The molecule has 2 aromatic carbocycles. The van der Waals surface area contributed by atoms with Crippen LogP contribution in [0.5, 0.6) is 0 Å². The van der Waals surface area contributed by atoms with Crippen molar-refractivity contribution in [3.8, 4) is 6.07 Å². The molecular formula is C17H14N4O2S. The number of hydrogen-bond donors (Lipinski definition) is 0. The molecule has 0 aliphatic heterocycles. The van der Waals surface area contributed by atoms with E-state index in [1.165, 1.54) is 12.1 Å². The second-order valence-corrected chi connectivity index (χ2v) is 6.44. The summed E-state index contributed by atoms with van der Waals surface area (Å²) in [6.45, 7) is 2.00. The fourth-order valence-electron chi connectivity index (χ4n) is 2.48. The number of nitro benzene ring substituents is 1. The average Bonchev–Trinajstić information content (AvgIpc) is 3.03. The van der Waals surface area contributed by atoms with Crippen LogP contribution in [0.2, 0.25) is 0 Å². The number of para-hydroxylation sites is 1. The summed E-state index contributed by atoms with van der Waals surface area (Å²) in [5.74, 6) is 0. The van der Waals surface area contributed by atoms with Crippen molar-refractivity contribution in [1.82, 2.24) is 4.98 Å². The quantitative estimate of drug-likeness (QED) is 0.524. The van der Waals surface area contributed by atoms with Gasteiger partial charge < -0.3 is 4.90 Å². The van der Waals surface area contributed by atoms with Crippen LogP contribution in [0.4, 0.5) is 11.4 Å². The number of hydrogen-bond acceptors (Lipinski definition) is 6. The van der Waals surface area contributed by atoms with Gasteiger partial charge in [-0.05, 0) is 25.1 Å². The summed E-state index contributed by atoms with van der Waals surface area (Å²) < 4.78 is 1.11. The van der Waals surface area contributed by atoms with Crippen LogP contribution in [0.1, 0.15) is 23.5 Å². The van der Waals surface area contributed by atoms with Crippen molar-refractivity contribution in [2.75, 3.05) is 11.9 Å². The first-order valence-corrected chi connectivity index (χ1v) is 8.09. The molecule has 0 unspecified atom stereocenters. The summed E-state index contributed by atoms with van der Waals surface area (Å²) in [4.78, 5) is 16.9. The van der Waals surface area contributed by atoms with E-state index in [1.807, 2.05) is 49.2 Å². The lowest BCUT2D eigenvalue weighted by Gasteiger charge is -2.26. The van der Waals surface area contributed by atoms with Crippen molar-refractivity contribution in [3.05, 3.63) is 63.1 Å². The first-order valence-electron chi connectivity index (χ1n) is 7.28. The second kappa shape index (κ2) is 6.26. The highest BCUT2D eigenvalue weighted by atomic mass is 32.1. The molecule has 0 aliphatic rings. The molecule has 0 radical (unpaired) electrons. The second-order valence-electron chi connectivity index (χ2n) is 5.38. The van der Waals surface area contributed by atoms with Gasteiger partial charge in [0.15, 0.2) is 0 Å². The number of fused-ring (bicyclic) bond motifs is 1. The summed E-state index contributed by atoms with van der Waals surface area (Å²) in [7, 11) is 1.86. The lowest BCUT2D eigenvalue weighted by atomic mass is 10.1. The Morgan fingerprint density at radius 3 is 2.75 bits per heavy atom. The summed E-state index contributed by atoms with van der Waals surface area (Å²) in [6, 6.07) is 14.2. The number of aromatic nitrogens is 1. The largest absolute Gasteiger partial charge is 0.364 e. The Labute approximate surface area is 142 Å². The number of nitro groups is 1. The minimum atomic E-state index is -0.498. The van der Waals surface area contributed by atoms with Crippen molar-refractivity contribution < 1.29 is 4.92 Å². The molecule has 1 heterocycles. The molecule has 24 heavy (non-hydrogen) atoms.